The van der Waals surface area contributed by atoms with E-state index in [9.17, 15) is 0 Å². The third kappa shape index (κ3) is 10.4. The van der Waals surface area contributed by atoms with E-state index in [1.165, 1.54) is 38.5 Å². The molecule has 0 amide bonds. The van der Waals surface area contributed by atoms with Gasteiger partial charge >= 0.3 is 0 Å². The van der Waals surface area contributed by atoms with E-state index in [1.807, 2.05) is 0 Å². The van der Waals surface area contributed by atoms with Crippen molar-refractivity contribution in [2.24, 2.45) is 5.73 Å². The lowest BCUT2D eigenvalue weighted by atomic mass is 10.1. The molecule has 11 heavy (non-hydrogen) atoms. The first-order valence-electron chi connectivity index (χ1n) is 4.59. The lowest BCUT2D eigenvalue weighted by molar-refractivity contribution is 0.564. The fourth-order valence-electron chi connectivity index (χ4n) is 1.09. The number of rotatable bonds is 7. The number of hydrogen-bond donors (Lipinski definition) is 1. The summed E-state index contributed by atoms with van der Waals surface area (Å²) >= 11 is 3.42. The van der Waals surface area contributed by atoms with Crippen LogP contribution >= 0.6 is 15.9 Å². The van der Waals surface area contributed by atoms with Crippen LogP contribution in [0.15, 0.2) is 0 Å². The van der Waals surface area contributed by atoms with Gasteiger partial charge < -0.3 is 5.73 Å². The largest absolute Gasteiger partial charge is 0.328 e. The van der Waals surface area contributed by atoms with E-state index < -0.39 is 0 Å². The Hall–Kier alpha value is 0.440. The summed E-state index contributed by atoms with van der Waals surface area (Å²) in [6.45, 7) is 2.08. The van der Waals surface area contributed by atoms with E-state index in [-0.39, 0.29) is 0 Å². The van der Waals surface area contributed by atoms with E-state index in [0.29, 0.717) is 6.04 Å². The number of halogens is 1. The van der Waals surface area contributed by atoms with Crippen LogP contribution < -0.4 is 5.73 Å². The van der Waals surface area contributed by atoms with Crippen LogP contribution in [0, 0.1) is 0 Å². The Morgan fingerprint density at radius 3 is 2.18 bits per heavy atom. The van der Waals surface area contributed by atoms with Gasteiger partial charge in [0.1, 0.15) is 0 Å². The highest BCUT2D eigenvalue weighted by Crippen LogP contribution is 2.07. The molecule has 1 atom stereocenters. The van der Waals surface area contributed by atoms with Gasteiger partial charge in [0.2, 0.25) is 0 Å². The summed E-state index contributed by atoms with van der Waals surface area (Å²) in [4.78, 5) is 0. The zero-order valence-electron chi connectivity index (χ0n) is 7.48. The van der Waals surface area contributed by atoms with Gasteiger partial charge in [-0.3, -0.25) is 0 Å². The Morgan fingerprint density at radius 1 is 1.09 bits per heavy atom. The molecule has 2 N–H and O–H groups in total. The lowest BCUT2D eigenvalue weighted by Gasteiger charge is -2.03. The monoisotopic (exact) mass is 221 g/mol. The second-order valence-electron chi connectivity index (χ2n) is 3.22. The third-order valence-electron chi connectivity index (χ3n) is 1.79. The topological polar surface area (TPSA) is 26.0 Å². The normalized spacial score (nSPS) is 13.4. The SMILES string of the molecule is CC(N)CCCCCCCBr. The Bertz CT molecular complexity index is 74.0. The van der Waals surface area contributed by atoms with Crippen LogP contribution in [0.4, 0.5) is 0 Å². The van der Waals surface area contributed by atoms with Gasteiger partial charge in [-0.2, -0.15) is 0 Å². The molecule has 0 aromatic carbocycles. The van der Waals surface area contributed by atoms with Crippen molar-refractivity contribution in [3.63, 3.8) is 0 Å². The van der Waals surface area contributed by atoms with Gasteiger partial charge in [-0.25, -0.2) is 0 Å². The summed E-state index contributed by atoms with van der Waals surface area (Å²) in [5, 5.41) is 1.15. The molecule has 1 nitrogen and oxygen atoms in total. The molecular weight excluding hydrogens is 202 g/mol. The quantitative estimate of drug-likeness (QED) is 0.520. The molecule has 68 valence electrons. The van der Waals surface area contributed by atoms with Gasteiger partial charge in [0, 0.05) is 11.4 Å². The van der Waals surface area contributed by atoms with Gasteiger partial charge in [-0.1, -0.05) is 41.6 Å². The molecule has 0 bridgehead atoms. The van der Waals surface area contributed by atoms with E-state index in [4.69, 9.17) is 5.73 Å². The Morgan fingerprint density at radius 2 is 1.64 bits per heavy atom. The van der Waals surface area contributed by atoms with Crippen molar-refractivity contribution in [2.75, 3.05) is 5.33 Å². The van der Waals surface area contributed by atoms with E-state index >= 15 is 0 Å². The van der Waals surface area contributed by atoms with Crippen molar-refractivity contribution in [3.8, 4) is 0 Å². The molecule has 2 heteroatoms. The van der Waals surface area contributed by atoms with E-state index in [0.717, 1.165) is 5.33 Å². The molecule has 0 saturated heterocycles. The van der Waals surface area contributed by atoms with Gasteiger partial charge in [0.05, 0.1) is 0 Å². The zero-order chi connectivity index (χ0) is 8.53. The van der Waals surface area contributed by atoms with Crippen LogP contribution in [0.25, 0.3) is 0 Å². The number of unbranched alkanes of at least 4 members (excludes halogenated alkanes) is 4. The highest BCUT2D eigenvalue weighted by molar-refractivity contribution is 9.09. The zero-order valence-corrected chi connectivity index (χ0v) is 9.07. The van der Waals surface area contributed by atoms with Crippen molar-refractivity contribution in [1.82, 2.24) is 0 Å². The molecule has 0 rings (SSSR count). The Kier molecular flexibility index (Phi) is 8.88. The summed E-state index contributed by atoms with van der Waals surface area (Å²) in [5.74, 6) is 0. The van der Waals surface area contributed by atoms with Gasteiger partial charge in [0.15, 0.2) is 0 Å². The molecule has 0 aliphatic rings. The highest BCUT2D eigenvalue weighted by Gasteiger charge is 1.93. The standard InChI is InChI=1S/C9H20BrN/c1-9(11)7-5-3-2-4-6-8-10/h9H,2-8,11H2,1H3. The molecule has 0 aromatic heterocycles. The molecule has 0 aromatic rings. The Balaban J connectivity index is 2.80. The average molecular weight is 222 g/mol. The number of nitrogens with two attached hydrogens (primary N) is 1. The van der Waals surface area contributed by atoms with Gasteiger partial charge in [-0.15, -0.1) is 0 Å². The summed E-state index contributed by atoms with van der Waals surface area (Å²) in [6.07, 6.45) is 7.91. The molecule has 0 fully saturated rings. The molecule has 0 radical (unpaired) electrons. The number of alkyl halides is 1. The molecule has 0 aliphatic carbocycles. The molecule has 1 unspecified atom stereocenters. The molecule has 0 saturated carbocycles. The second kappa shape index (κ2) is 8.54. The minimum absolute atomic E-state index is 0.395. The first-order chi connectivity index (χ1) is 5.27. The summed E-state index contributed by atoms with van der Waals surface area (Å²) in [7, 11) is 0. The van der Waals surface area contributed by atoms with Crippen molar-refractivity contribution >= 4 is 15.9 Å². The van der Waals surface area contributed by atoms with Crippen molar-refractivity contribution in [3.05, 3.63) is 0 Å². The fraction of sp³-hybridized carbons (Fsp3) is 1.00. The fourth-order valence-corrected chi connectivity index (χ4v) is 1.49. The van der Waals surface area contributed by atoms with E-state index in [2.05, 4.69) is 22.9 Å². The van der Waals surface area contributed by atoms with Crippen LogP contribution in [0.2, 0.25) is 0 Å². The summed E-state index contributed by atoms with van der Waals surface area (Å²) in [6, 6.07) is 0.395. The first-order valence-corrected chi connectivity index (χ1v) is 5.71. The average Bonchev–Trinajstić information content (AvgIpc) is 1.96. The second-order valence-corrected chi connectivity index (χ2v) is 4.02. The van der Waals surface area contributed by atoms with Crippen molar-refractivity contribution in [1.29, 1.82) is 0 Å². The van der Waals surface area contributed by atoms with Crippen LogP contribution in [-0.4, -0.2) is 11.4 Å². The highest BCUT2D eigenvalue weighted by atomic mass is 79.9. The van der Waals surface area contributed by atoms with Gasteiger partial charge in [-0.05, 0) is 19.8 Å². The Labute approximate surface area is 78.9 Å². The minimum Gasteiger partial charge on any atom is -0.328 e. The van der Waals surface area contributed by atoms with Gasteiger partial charge in [0.25, 0.3) is 0 Å². The maximum atomic E-state index is 5.63. The molecule has 0 spiro atoms. The third-order valence-corrected chi connectivity index (χ3v) is 2.35. The number of hydrogen-bond acceptors (Lipinski definition) is 1. The maximum absolute atomic E-state index is 5.63. The minimum atomic E-state index is 0.395. The molecule has 0 aliphatic heterocycles. The predicted octanol–water partition coefficient (Wildman–Crippen LogP) is 3.07. The molecular formula is C9H20BrN. The van der Waals surface area contributed by atoms with Crippen LogP contribution in [-0.2, 0) is 0 Å². The lowest BCUT2D eigenvalue weighted by Crippen LogP contribution is -2.13. The molecule has 0 heterocycles. The van der Waals surface area contributed by atoms with E-state index in [1.54, 1.807) is 0 Å². The van der Waals surface area contributed by atoms with Crippen molar-refractivity contribution < 1.29 is 0 Å². The van der Waals surface area contributed by atoms with Crippen molar-refractivity contribution in [2.45, 2.75) is 51.5 Å². The summed E-state index contributed by atoms with van der Waals surface area (Å²) in [5.41, 5.74) is 5.63. The van der Waals surface area contributed by atoms with Crippen LogP contribution in [0.3, 0.4) is 0 Å². The van der Waals surface area contributed by atoms with Crippen LogP contribution in [0.5, 0.6) is 0 Å². The predicted molar refractivity (Wildman–Crippen MR) is 55.1 cm³/mol. The smallest absolute Gasteiger partial charge is 0.00313 e. The van der Waals surface area contributed by atoms with Crippen LogP contribution in [0.1, 0.15) is 45.4 Å². The first kappa shape index (κ1) is 11.4. The summed E-state index contributed by atoms with van der Waals surface area (Å²) < 4.78 is 0. The maximum Gasteiger partial charge on any atom is 0.00313 e.